The molecule has 0 fully saturated rings. The van der Waals surface area contributed by atoms with E-state index in [9.17, 15) is 4.79 Å². The Hall–Kier alpha value is 0.469. The van der Waals surface area contributed by atoms with E-state index in [2.05, 4.69) is 0 Å². The van der Waals surface area contributed by atoms with Crippen LogP contribution in [0, 0.1) is 0 Å². The molecule has 0 atom stereocenters. The minimum absolute atomic E-state index is 0. The second-order valence-corrected chi connectivity index (χ2v) is 0.908. The fourth-order valence-electron chi connectivity index (χ4n) is 0. The Morgan fingerprint density at radius 3 is 1.40 bits per heavy atom. The molecule has 0 saturated heterocycles. The minimum Gasteiger partial charge on any atom is -0.300 e. The molecule has 5 heavy (non-hydrogen) atoms. The molecule has 0 unspecified atom stereocenters. The minimum atomic E-state index is 0. The molecular weight excluding hydrogens is 171 g/mol. The Kier molecular flexibility index (Phi) is 8.11. The van der Waals surface area contributed by atoms with E-state index in [0.717, 1.165) is 0 Å². The summed E-state index contributed by atoms with van der Waals surface area (Å²) in [5.74, 6) is 0.167. The molecule has 2 heteroatoms. The van der Waals surface area contributed by atoms with Gasteiger partial charge in [-0.05, 0) is 13.8 Å². The number of hydrogen-bond donors (Lipinski definition) is 0. The standard InChI is InChI=1S/C3H6O.Sn/c1-3(2)4;/h1-2H3;. The zero-order valence-corrected chi connectivity index (χ0v) is 6.26. The summed E-state index contributed by atoms with van der Waals surface area (Å²) in [5, 5.41) is 0. The van der Waals surface area contributed by atoms with E-state index < -0.39 is 0 Å². The Bertz CT molecular complexity index is 29.9. The number of carbonyl (C=O) groups is 1. The number of rotatable bonds is 0. The molecule has 0 aliphatic carbocycles. The van der Waals surface area contributed by atoms with Crippen LogP contribution in [0.2, 0.25) is 0 Å². The summed E-state index contributed by atoms with van der Waals surface area (Å²) in [6.07, 6.45) is 0. The van der Waals surface area contributed by atoms with Gasteiger partial charge >= 0.3 is 0 Å². The van der Waals surface area contributed by atoms with Gasteiger partial charge < -0.3 is 4.79 Å². The Morgan fingerprint density at radius 2 is 1.40 bits per heavy atom. The van der Waals surface area contributed by atoms with Crippen LogP contribution in [0.4, 0.5) is 0 Å². The molecule has 0 amide bonds. The van der Waals surface area contributed by atoms with Crippen LogP contribution in [0.3, 0.4) is 0 Å². The molecule has 0 aromatic heterocycles. The summed E-state index contributed by atoms with van der Waals surface area (Å²) in [4.78, 5) is 9.44. The molecule has 0 N–H and O–H groups in total. The van der Waals surface area contributed by atoms with Crippen molar-refractivity contribution in [3.63, 3.8) is 0 Å². The number of hydrogen-bond acceptors (Lipinski definition) is 1. The van der Waals surface area contributed by atoms with Crippen LogP contribution in [-0.4, -0.2) is 29.7 Å². The van der Waals surface area contributed by atoms with Gasteiger partial charge in [0.1, 0.15) is 5.78 Å². The van der Waals surface area contributed by atoms with E-state index >= 15 is 0 Å². The molecule has 0 aliphatic rings. The topological polar surface area (TPSA) is 17.1 Å². The quantitative estimate of drug-likeness (QED) is 0.483. The van der Waals surface area contributed by atoms with Crippen LogP contribution in [-0.2, 0) is 4.79 Å². The third kappa shape index (κ3) is 124. The Morgan fingerprint density at radius 1 is 1.40 bits per heavy atom. The molecule has 0 bridgehead atoms. The monoisotopic (exact) mass is 178 g/mol. The number of ketones is 1. The molecule has 0 saturated carbocycles. The summed E-state index contributed by atoms with van der Waals surface area (Å²) in [6, 6.07) is 0. The summed E-state index contributed by atoms with van der Waals surface area (Å²) < 4.78 is 0. The van der Waals surface area contributed by atoms with E-state index in [4.69, 9.17) is 0 Å². The smallest absolute Gasteiger partial charge is 0.126 e. The van der Waals surface area contributed by atoms with Gasteiger partial charge in [-0.2, -0.15) is 0 Å². The molecule has 0 spiro atoms. The molecule has 1 nitrogen and oxygen atoms in total. The van der Waals surface area contributed by atoms with Crippen LogP contribution in [0.15, 0.2) is 0 Å². The number of carbonyl (C=O) groups excluding carboxylic acids is 1. The van der Waals surface area contributed by atoms with Crippen molar-refractivity contribution in [2.45, 2.75) is 13.8 Å². The molecule has 0 aromatic rings. The van der Waals surface area contributed by atoms with E-state index in [1.165, 1.54) is 13.8 Å². The molecular formula is C3H6OSn. The first-order chi connectivity index (χ1) is 1.73. The zero-order valence-electron chi connectivity index (χ0n) is 3.41. The van der Waals surface area contributed by atoms with Gasteiger partial charge in [-0.1, -0.05) is 0 Å². The van der Waals surface area contributed by atoms with Gasteiger partial charge in [-0.3, -0.25) is 0 Å². The largest absolute Gasteiger partial charge is 0.300 e. The van der Waals surface area contributed by atoms with Gasteiger partial charge in [0.05, 0.1) is 0 Å². The van der Waals surface area contributed by atoms with Gasteiger partial charge in [-0.15, -0.1) is 0 Å². The van der Waals surface area contributed by atoms with E-state index in [0.29, 0.717) is 0 Å². The van der Waals surface area contributed by atoms with Crippen LogP contribution >= 0.6 is 0 Å². The van der Waals surface area contributed by atoms with Crippen LogP contribution < -0.4 is 0 Å². The Labute approximate surface area is 48.7 Å². The van der Waals surface area contributed by atoms with Crippen molar-refractivity contribution in [3.8, 4) is 0 Å². The average molecular weight is 177 g/mol. The van der Waals surface area contributed by atoms with Gasteiger partial charge in [-0.25, -0.2) is 0 Å². The van der Waals surface area contributed by atoms with Crippen molar-refractivity contribution in [1.82, 2.24) is 0 Å². The van der Waals surface area contributed by atoms with Crippen molar-refractivity contribution in [2.24, 2.45) is 0 Å². The van der Waals surface area contributed by atoms with E-state index in [-0.39, 0.29) is 29.7 Å². The average Bonchev–Trinajstić information content (AvgIpc) is 0.811. The van der Waals surface area contributed by atoms with Crippen LogP contribution in [0.1, 0.15) is 13.8 Å². The summed E-state index contributed by atoms with van der Waals surface area (Å²) >= 11 is 0. The van der Waals surface area contributed by atoms with E-state index in [1.807, 2.05) is 0 Å². The molecule has 0 heterocycles. The molecule has 0 aromatic carbocycles. The maximum Gasteiger partial charge on any atom is 0.126 e. The predicted molar refractivity (Wildman–Crippen MR) is 22.1 cm³/mol. The second-order valence-electron chi connectivity index (χ2n) is 0.908. The number of Topliss-reactive ketones (excluding diaryl/α,β-unsaturated/α-hetero) is 1. The SMILES string of the molecule is CC(C)=O.[Sn]. The van der Waals surface area contributed by atoms with Gasteiger partial charge in [0.2, 0.25) is 0 Å². The fourth-order valence-corrected chi connectivity index (χ4v) is 0. The fraction of sp³-hybridized carbons (Fsp3) is 0.667. The first-order valence-corrected chi connectivity index (χ1v) is 1.20. The normalized spacial score (nSPS) is 5.20. The second kappa shape index (κ2) is 4.47. The molecule has 0 rings (SSSR count). The summed E-state index contributed by atoms with van der Waals surface area (Å²) in [5.41, 5.74) is 0. The Balaban J connectivity index is 0. The van der Waals surface area contributed by atoms with Crippen LogP contribution in [0.5, 0.6) is 0 Å². The maximum atomic E-state index is 9.44. The van der Waals surface area contributed by atoms with Gasteiger partial charge in [0.25, 0.3) is 0 Å². The van der Waals surface area contributed by atoms with Crippen molar-refractivity contribution >= 4 is 29.7 Å². The third-order valence-corrected chi connectivity index (χ3v) is 0. The first kappa shape index (κ1) is 9.08. The van der Waals surface area contributed by atoms with Crippen molar-refractivity contribution in [3.05, 3.63) is 0 Å². The molecule has 0 aliphatic heterocycles. The zero-order chi connectivity index (χ0) is 3.58. The van der Waals surface area contributed by atoms with Crippen molar-refractivity contribution < 1.29 is 4.79 Å². The summed E-state index contributed by atoms with van der Waals surface area (Å²) in [6.45, 7) is 3.06. The van der Waals surface area contributed by atoms with Crippen molar-refractivity contribution in [2.75, 3.05) is 0 Å². The van der Waals surface area contributed by atoms with Gasteiger partial charge in [0, 0.05) is 23.9 Å². The van der Waals surface area contributed by atoms with Crippen LogP contribution in [0.25, 0.3) is 0 Å². The van der Waals surface area contributed by atoms with Crippen molar-refractivity contribution in [1.29, 1.82) is 0 Å². The van der Waals surface area contributed by atoms with E-state index in [1.54, 1.807) is 0 Å². The predicted octanol–water partition coefficient (Wildman–Crippen LogP) is 0.214. The van der Waals surface area contributed by atoms with Gasteiger partial charge in [0.15, 0.2) is 0 Å². The molecule has 4 radical (unpaired) electrons. The summed E-state index contributed by atoms with van der Waals surface area (Å²) in [7, 11) is 0. The third-order valence-electron chi connectivity index (χ3n) is 0. The maximum absolute atomic E-state index is 9.44. The molecule has 28 valence electrons. The first-order valence-electron chi connectivity index (χ1n) is 1.20.